The predicted octanol–water partition coefficient (Wildman–Crippen LogP) is 2.24. The Labute approximate surface area is 169 Å². The van der Waals surface area contributed by atoms with E-state index in [-0.39, 0.29) is 11.3 Å². The number of amides is 1. The van der Waals surface area contributed by atoms with Gasteiger partial charge in [0, 0.05) is 54.7 Å². The smallest absolute Gasteiger partial charge is 0.273 e. The van der Waals surface area contributed by atoms with Gasteiger partial charge in [0.05, 0.1) is 11.2 Å². The summed E-state index contributed by atoms with van der Waals surface area (Å²) >= 11 is 0. The number of hydrogen-bond acceptors (Lipinski definition) is 6. The van der Waals surface area contributed by atoms with Crippen molar-refractivity contribution in [3.63, 3.8) is 0 Å². The van der Waals surface area contributed by atoms with Crippen molar-refractivity contribution in [3.8, 4) is 0 Å². The molecule has 1 heterocycles. The first-order valence-electron chi connectivity index (χ1n) is 9.01. The highest BCUT2D eigenvalue weighted by Gasteiger charge is 2.23. The van der Waals surface area contributed by atoms with E-state index in [9.17, 15) is 23.3 Å². The van der Waals surface area contributed by atoms with Crippen LogP contribution in [0.4, 0.5) is 17.1 Å². The Hall–Kier alpha value is -2.98. The van der Waals surface area contributed by atoms with E-state index in [0.717, 1.165) is 5.69 Å². The summed E-state index contributed by atoms with van der Waals surface area (Å²) in [7, 11) is -3.17. The maximum atomic E-state index is 12.4. The van der Waals surface area contributed by atoms with E-state index in [1.807, 2.05) is 12.1 Å². The van der Waals surface area contributed by atoms with Crippen molar-refractivity contribution >= 4 is 33.0 Å². The molecule has 1 amide bonds. The lowest BCUT2D eigenvalue weighted by molar-refractivity contribution is -0.385. The van der Waals surface area contributed by atoms with Gasteiger partial charge in [-0.2, -0.15) is 4.31 Å². The van der Waals surface area contributed by atoms with E-state index in [4.69, 9.17) is 0 Å². The SMILES string of the molecule is Cc1ccc(C(=O)Nc2ccc(N3CCN(S(C)(=O)=O)CC3)cc2)cc1[N+](=O)[O-]. The molecule has 29 heavy (non-hydrogen) atoms. The van der Waals surface area contributed by atoms with Gasteiger partial charge < -0.3 is 10.2 Å². The van der Waals surface area contributed by atoms with Crippen LogP contribution in [0.3, 0.4) is 0 Å². The fourth-order valence-electron chi connectivity index (χ4n) is 3.18. The highest BCUT2D eigenvalue weighted by Crippen LogP contribution is 2.22. The fourth-order valence-corrected chi connectivity index (χ4v) is 4.01. The molecule has 2 aromatic rings. The minimum absolute atomic E-state index is 0.0961. The third-order valence-corrected chi connectivity index (χ3v) is 6.17. The lowest BCUT2D eigenvalue weighted by Gasteiger charge is -2.34. The molecule has 0 saturated carbocycles. The average molecular weight is 418 g/mol. The molecule has 0 radical (unpaired) electrons. The Balaban J connectivity index is 1.65. The monoisotopic (exact) mass is 418 g/mol. The van der Waals surface area contributed by atoms with Crippen molar-refractivity contribution < 1.29 is 18.1 Å². The zero-order chi connectivity index (χ0) is 21.2. The molecule has 1 fully saturated rings. The summed E-state index contributed by atoms with van der Waals surface area (Å²) in [4.78, 5) is 25.0. The van der Waals surface area contributed by atoms with Crippen LogP contribution < -0.4 is 10.2 Å². The number of nitrogens with zero attached hydrogens (tertiary/aromatic N) is 3. The van der Waals surface area contributed by atoms with Crippen LogP contribution in [0.15, 0.2) is 42.5 Å². The molecule has 154 valence electrons. The number of anilines is 2. The van der Waals surface area contributed by atoms with Gasteiger partial charge in [0.1, 0.15) is 0 Å². The largest absolute Gasteiger partial charge is 0.369 e. The Bertz CT molecular complexity index is 1030. The number of benzene rings is 2. The molecular formula is C19H22N4O5S. The molecule has 0 unspecified atom stereocenters. The van der Waals surface area contributed by atoms with Crippen molar-refractivity contribution in [1.82, 2.24) is 4.31 Å². The van der Waals surface area contributed by atoms with Crippen molar-refractivity contribution in [2.75, 3.05) is 42.7 Å². The van der Waals surface area contributed by atoms with Crippen LogP contribution in [-0.2, 0) is 10.0 Å². The summed E-state index contributed by atoms with van der Waals surface area (Å²) in [6.45, 7) is 3.67. The zero-order valence-electron chi connectivity index (χ0n) is 16.2. The molecule has 0 aromatic heterocycles. The third kappa shape index (κ3) is 4.90. The standard InChI is InChI=1S/C19H22N4O5S/c1-14-3-4-15(13-18(14)23(25)26)19(24)20-16-5-7-17(8-6-16)21-9-11-22(12-10-21)29(2,27)28/h3-8,13H,9-12H2,1-2H3,(H,20,24). The number of hydrogen-bond donors (Lipinski definition) is 1. The van der Waals surface area contributed by atoms with Crippen LogP contribution >= 0.6 is 0 Å². The molecule has 2 aromatic carbocycles. The molecule has 0 atom stereocenters. The predicted molar refractivity (Wildman–Crippen MR) is 111 cm³/mol. The van der Waals surface area contributed by atoms with Gasteiger partial charge in [-0.05, 0) is 37.3 Å². The molecule has 3 rings (SSSR count). The molecule has 0 bridgehead atoms. The maximum absolute atomic E-state index is 12.4. The molecular weight excluding hydrogens is 396 g/mol. The normalized spacial score (nSPS) is 15.2. The average Bonchev–Trinajstić information content (AvgIpc) is 2.68. The van der Waals surface area contributed by atoms with Gasteiger partial charge in [-0.25, -0.2) is 8.42 Å². The maximum Gasteiger partial charge on any atom is 0.273 e. The summed E-state index contributed by atoms with van der Waals surface area (Å²) in [6, 6.07) is 11.6. The Morgan fingerprint density at radius 2 is 1.69 bits per heavy atom. The summed E-state index contributed by atoms with van der Waals surface area (Å²) in [5.41, 5.74) is 2.11. The zero-order valence-corrected chi connectivity index (χ0v) is 17.0. The Morgan fingerprint density at radius 1 is 1.07 bits per heavy atom. The summed E-state index contributed by atoms with van der Waals surface area (Å²) in [6.07, 6.45) is 1.21. The van der Waals surface area contributed by atoms with Crippen molar-refractivity contribution in [2.45, 2.75) is 6.92 Å². The van der Waals surface area contributed by atoms with Gasteiger partial charge in [0.15, 0.2) is 0 Å². The first-order valence-corrected chi connectivity index (χ1v) is 10.9. The van der Waals surface area contributed by atoms with Crippen LogP contribution in [0.2, 0.25) is 0 Å². The van der Waals surface area contributed by atoms with Crippen LogP contribution in [0.1, 0.15) is 15.9 Å². The summed E-state index contributed by atoms with van der Waals surface area (Å²) in [5, 5.41) is 13.8. The second kappa shape index (κ2) is 8.18. The number of rotatable bonds is 5. The quantitative estimate of drug-likeness (QED) is 0.589. The minimum atomic E-state index is -3.17. The highest BCUT2D eigenvalue weighted by molar-refractivity contribution is 7.88. The summed E-state index contributed by atoms with van der Waals surface area (Å²) in [5.74, 6) is -0.428. The van der Waals surface area contributed by atoms with Crippen molar-refractivity contribution in [3.05, 3.63) is 63.7 Å². The topological polar surface area (TPSA) is 113 Å². The molecule has 0 spiro atoms. The van der Waals surface area contributed by atoms with Crippen molar-refractivity contribution in [2.24, 2.45) is 0 Å². The summed E-state index contributed by atoms with van der Waals surface area (Å²) < 4.78 is 24.7. The minimum Gasteiger partial charge on any atom is -0.369 e. The van der Waals surface area contributed by atoms with E-state index in [1.54, 1.807) is 31.2 Å². The first kappa shape index (κ1) is 20.7. The number of carbonyl (C=O) groups excluding carboxylic acids is 1. The Morgan fingerprint density at radius 3 is 2.24 bits per heavy atom. The van der Waals surface area contributed by atoms with Crippen LogP contribution in [0, 0.1) is 17.0 Å². The van der Waals surface area contributed by atoms with Gasteiger partial charge in [-0.1, -0.05) is 6.07 Å². The molecule has 1 N–H and O–H groups in total. The van der Waals surface area contributed by atoms with Crippen LogP contribution in [0.5, 0.6) is 0 Å². The third-order valence-electron chi connectivity index (χ3n) is 4.87. The van der Waals surface area contributed by atoms with Gasteiger partial charge in [0.25, 0.3) is 11.6 Å². The van der Waals surface area contributed by atoms with Crippen LogP contribution in [-0.4, -0.2) is 56.0 Å². The van der Waals surface area contributed by atoms with Gasteiger partial charge in [-0.3, -0.25) is 14.9 Å². The van der Waals surface area contributed by atoms with Crippen LogP contribution in [0.25, 0.3) is 0 Å². The molecule has 1 saturated heterocycles. The fraction of sp³-hybridized carbons (Fsp3) is 0.316. The first-order chi connectivity index (χ1) is 13.6. The number of nitrogens with one attached hydrogen (secondary N) is 1. The molecule has 1 aliphatic heterocycles. The van der Waals surface area contributed by atoms with E-state index in [0.29, 0.717) is 37.4 Å². The second-order valence-electron chi connectivity index (χ2n) is 6.91. The van der Waals surface area contributed by atoms with E-state index < -0.39 is 20.9 Å². The lowest BCUT2D eigenvalue weighted by Crippen LogP contribution is -2.48. The Kier molecular flexibility index (Phi) is 5.85. The van der Waals surface area contributed by atoms with E-state index in [1.165, 1.54) is 16.6 Å². The number of sulfonamides is 1. The molecule has 0 aliphatic carbocycles. The number of piperazine rings is 1. The second-order valence-corrected chi connectivity index (χ2v) is 8.89. The van der Waals surface area contributed by atoms with E-state index in [2.05, 4.69) is 10.2 Å². The van der Waals surface area contributed by atoms with Gasteiger partial charge in [0.2, 0.25) is 10.0 Å². The number of nitro groups is 1. The van der Waals surface area contributed by atoms with Gasteiger partial charge >= 0.3 is 0 Å². The highest BCUT2D eigenvalue weighted by atomic mass is 32.2. The number of carbonyl (C=O) groups is 1. The van der Waals surface area contributed by atoms with Crippen molar-refractivity contribution in [1.29, 1.82) is 0 Å². The molecule has 10 heteroatoms. The number of aryl methyl sites for hydroxylation is 1. The van der Waals surface area contributed by atoms with Gasteiger partial charge in [-0.15, -0.1) is 0 Å². The lowest BCUT2D eigenvalue weighted by atomic mass is 10.1. The molecule has 9 nitrogen and oxygen atoms in total. The van der Waals surface area contributed by atoms with E-state index >= 15 is 0 Å². The number of nitro benzene ring substituents is 1. The molecule has 1 aliphatic rings.